The van der Waals surface area contributed by atoms with E-state index in [0.717, 1.165) is 5.01 Å². The van der Waals surface area contributed by atoms with E-state index in [4.69, 9.17) is 5.84 Å². The number of amides is 4. The predicted octanol–water partition coefficient (Wildman–Crippen LogP) is -1.47. The van der Waals surface area contributed by atoms with Crippen molar-refractivity contribution in [2.45, 2.75) is 12.3 Å². The number of carbonyl (C=O) groups excluding carboxylic acids is 2. The molecule has 0 bridgehead atoms. The fraction of sp³-hybridized carbons (Fsp3) is 0.667. The molecule has 13 heavy (non-hydrogen) atoms. The van der Waals surface area contributed by atoms with Crippen LogP contribution in [0, 0.1) is 0 Å². The highest BCUT2D eigenvalue weighted by Gasteiger charge is 2.51. The quantitative estimate of drug-likeness (QED) is 0.357. The molecule has 2 saturated heterocycles. The minimum Gasteiger partial charge on any atom is -0.313 e. The van der Waals surface area contributed by atoms with E-state index in [2.05, 4.69) is 5.32 Å². The second-order valence-electron chi connectivity index (χ2n) is 3.22. The van der Waals surface area contributed by atoms with Crippen molar-refractivity contribution >= 4 is 12.1 Å². The fourth-order valence-electron chi connectivity index (χ4n) is 1.72. The molecule has 3 N–H and O–H groups in total. The third-order valence-corrected chi connectivity index (χ3v) is 2.49. The predicted molar refractivity (Wildman–Crippen MR) is 43.1 cm³/mol. The molecule has 0 saturated carbocycles. The molecular weight excluding hydrogens is 174 g/mol. The molecule has 0 aliphatic carbocycles. The Balaban J connectivity index is 2.32. The van der Waals surface area contributed by atoms with Crippen LogP contribution in [0.25, 0.3) is 0 Å². The second kappa shape index (κ2) is 2.25. The van der Waals surface area contributed by atoms with Gasteiger partial charge in [-0.15, -0.1) is 0 Å². The lowest BCUT2D eigenvalue weighted by molar-refractivity contribution is 0.146. The van der Waals surface area contributed by atoms with Crippen LogP contribution in [0.2, 0.25) is 0 Å². The second-order valence-corrected chi connectivity index (χ2v) is 3.22. The summed E-state index contributed by atoms with van der Waals surface area (Å²) >= 11 is 0. The van der Waals surface area contributed by atoms with Crippen LogP contribution in [0.3, 0.4) is 0 Å². The number of hydrogen-bond donors (Lipinski definition) is 2. The van der Waals surface area contributed by atoms with E-state index in [1.165, 1.54) is 9.80 Å². The number of likely N-dealkylation sites (N-methyl/N-ethyl adjacent to an activating group) is 2. The first-order valence-corrected chi connectivity index (χ1v) is 3.88. The van der Waals surface area contributed by atoms with Gasteiger partial charge in [-0.1, -0.05) is 0 Å². The first-order valence-electron chi connectivity index (χ1n) is 3.88. The zero-order valence-electron chi connectivity index (χ0n) is 7.39. The molecule has 2 heterocycles. The molecule has 2 aliphatic rings. The molecular formula is C6H11N5O2. The van der Waals surface area contributed by atoms with Gasteiger partial charge in [0.1, 0.15) is 6.17 Å². The van der Waals surface area contributed by atoms with Crippen LogP contribution in [0.4, 0.5) is 9.59 Å². The first kappa shape index (κ1) is 8.11. The van der Waals surface area contributed by atoms with Gasteiger partial charge in [0.2, 0.25) is 0 Å². The number of hydrazine groups is 1. The summed E-state index contributed by atoms with van der Waals surface area (Å²) in [6.45, 7) is 0. The summed E-state index contributed by atoms with van der Waals surface area (Å²) < 4.78 is 0. The summed E-state index contributed by atoms with van der Waals surface area (Å²) in [4.78, 5) is 25.4. The maximum absolute atomic E-state index is 11.4. The standard InChI is InChI=1S/C6H11N5O2/c1-9-3-4(10(2)6(9)13)11(7)5(12)8-3/h3-4H,7H2,1-2H3,(H,8,12)/t3-,4+/m0/s1. The molecule has 2 atom stereocenters. The molecule has 7 nitrogen and oxygen atoms in total. The summed E-state index contributed by atoms with van der Waals surface area (Å²) in [6, 6.07) is -0.508. The average Bonchev–Trinajstić information content (AvgIpc) is 2.48. The van der Waals surface area contributed by atoms with Gasteiger partial charge < -0.3 is 15.1 Å². The molecule has 72 valence electrons. The first-order chi connectivity index (χ1) is 6.04. The van der Waals surface area contributed by atoms with Gasteiger partial charge in [-0.2, -0.15) is 0 Å². The third kappa shape index (κ3) is 0.816. The van der Waals surface area contributed by atoms with Crippen LogP contribution in [-0.2, 0) is 0 Å². The Morgan fingerprint density at radius 2 is 1.92 bits per heavy atom. The van der Waals surface area contributed by atoms with E-state index in [-0.39, 0.29) is 18.2 Å². The van der Waals surface area contributed by atoms with Crippen molar-refractivity contribution in [2.24, 2.45) is 5.84 Å². The van der Waals surface area contributed by atoms with Gasteiger partial charge >= 0.3 is 12.1 Å². The van der Waals surface area contributed by atoms with Gasteiger partial charge in [-0.3, -0.25) is 0 Å². The number of hydrogen-bond acceptors (Lipinski definition) is 3. The Labute approximate surface area is 75.0 Å². The lowest BCUT2D eigenvalue weighted by Gasteiger charge is -2.21. The van der Waals surface area contributed by atoms with E-state index in [1.54, 1.807) is 14.1 Å². The molecule has 2 aliphatic heterocycles. The van der Waals surface area contributed by atoms with E-state index in [1.807, 2.05) is 0 Å². The molecule has 4 amide bonds. The van der Waals surface area contributed by atoms with Gasteiger partial charge in [-0.25, -0.2) is 20.4 Å². The van der Waals surface area contributed by atoms with Crippen molar-refractivity contribution in [3.63, 3.8) is 0 Å². The molecule has 2 rings (SSSR count). The Bertz CT molecular complexity index is 280. The Kier molecular flexibility index (Phi) is 1.41. The van der Waals surface area contributed by atoms with Crippen LogP contribution in [0.1, 0.15) is 0 Å². The van der Waals surface area contributed by atoms with Gasteiger partial charge in [0.15, 0.2) is 6.17 Å². The zero-order chi connectivity index (χ0) is 9.75. The summed E-state index contributed by atoms with van der Waals surface area (Å²) in [6.07, 6.45) is -0.736. The van der Waals surface area contributed by atoms with Gasteiger partial charge in [0.25, 0.3) is 0 Å². The monoisotopic (exact) mass is 185 g/mol. The third-order valence-electron chi connectivity index (χ3n) is 2.49. The lowest BCUT2D eigenvalue weighted by Crippen LogP contribution is -2.48. The Morgan fingerprint density at radius 1 is 1.31 bits per heavy atom. The molecule has 0 aromatic carbocycles. The average molecular weight is 185 g/mol. The van der Waals surface area contributed by atoms with Crippen LogP contribution < -0.4 is 11.2 Å². The van der Waals surface area contributed by atoms with E-state index in [0.29, 0.717) is 0 Å². The summed E-state index contributed by atoms with van der Waals surface area (Å²) in [5.74, 6) is 5.48. The number of nitrogens with one attached hydrogen (secondary N) is 1. The van der Waals surface area contributed by atoms with Crippen LogP contribution >= 0.6 is 0 Å². The zero-order valence-corrected chi connectivity index (χ0v) is 7.39. The number of fused-ring (bicyclic) bond motifs is 1. The largest absolute Gasteiger partial charge is 0.335 e. The summed E-state index contributed by atoms with van der Waals surface area (Å²) in [5.41, 5.74) is 0. The minimum absolute atomic E-state index is 0.148. The molecule has 2 fully saturated rings. The number of nitrogens with two attached hydrogens (primary N) is 1. The van der Waals surface area contributed by atoms with Crippen LogP contribution in [0.15, 0.2) is 0 Å². The van der Waals surface area contributed by atoms with Crippen molar-refractivity contribution in [1.29, 1.82) is 0 Å². The van der Waals surface area contributed by atoms with Crippen molar-refractivity contribution in [3.8, 4) is 0 Å². The van der Waals surface area contributed by atoms with Gasteiger partial charge in [0, 0.05) is 14.1 Å². The summed E-state index contributed by atoms with van der Waals surface area (Å²) in [5, 5.41) is 3.64. The maximum Gasteiger partial charge on any atom is 0.335 e. The van der Waals surface area contributed by atoms with E-state index >= 15 is 0 Å². The van der Waals surface area contributed by atoms with Gasteiger partial charge in [-0.05, 0) is 0 Å². The maximum atomic E-state index is 11.4. The van der Waals surface area contributed by atoms with Crippen molar-refractivity contribution in [3.05, 3.63) is 0 Å². The molecule has 0 spiro atoms. The van der Waals surface area contributed by atoms with Crippen molar-refractivity contribution < 1.29 is 9.59 Å². The van der Waals surface area contributed by atoms with E-state index < -0.39 is 6.17 Å². The summed E-state index contributed by atoms with van der Waals surface area (Å²) in [7, 11) is 3.24. The number of urea groups is 2. The molecule has 0 radical (unpaired) electrons. The number of rotatable bonds is 0. The Morgan fingerprint density at radius 3 is 2.46 bits per heavy atom. The highest BCUT2D eigenvalue weighted by atomic mass is 16.2. The Hall–Kier alpha value is -1.50. The molecule has 7 heteroatoms. The number of nitrogens with zero attached hydrogens (tertiary/aromatic N) is 3. The fourth-order valence-corrected chi connectivity index (χ4v) is 1.72. The van der Waals surface area contributed by atoms with Crippen LogP contribution in [0.5, 0.6) is 0 Å². The van der Waals surface area contributed by atoms with E-state index in [9.17, 15) is 9.59 Å². The highest BCUT2D eigenvalue weighted by Crippen LogP contribution is 2.23. The van der Waals surface area contributed by atoms with Crippen LogP contribution in [-0.4, -0.2) is 53.3 Å². The molecule has 0 aromatic heterocycles. The minimum atomic E-state index is -0.398. The smallest absolute Gasteiger partial charge is 0.313 e. The molecule has 0 aromatic rings. The molecule has 0 unspecified atom stereocenters. The topological polar surface area (TPSA) is 81.9 Å². The SMILES string of the molecule is CN1C(=O)N(C)[C@H]2[C@H]1NC(=O)N2N. The number of carbonyl (C=O) groups is 2. The van der Waals surface area contributed by atoms with Gasteiger partial charge in [0.05, 0.1) is 0 Å². The normalized spacial score (nSPS) is 32.7. The lowest BCUT2D eigenvalue weighted by atomic mass is 10.4. The highest BCUT2D eigenvalue weighted by molar-refractivity contribution is 5.84. The van der Waals surface area contributed by atoms with Crippen molar-refractivity contribution in [1.82, 2.24) is 20.1 Å². The van der Waals surface area contributed by atoms with Crippen molar-refractivity contribution in [2.75, 3.05) is 14.1 Å².